The molecule has 0 saturated heterocycles. The number of amides is 3. The molecule has 0 aliphatic heterocycles. The summed E-state index contributed by atoms with van der Waals surface area (Å²) >= 11 is 6.04. The minimum atomic E-state index is -0.263. The number of halogens is 1. The first-order valence-corrected chi connectivity index (χ1v) is 12.2. The average molecular weight is 474 g/mol. The number of hydrogen-bond acceptors (Lipinski definition) is 3. The molecule has 0 atom stereocenters. The number of methoxy groups -OCH3 is 1. The summed E-state index contributed by atoms with van der Waals surface area (Å²) in [5.41, 5.74) is 1.37. The van der Waals surface area contributed by atoms with Crippen LogP contribution in [0.2, 0.25) is 5.02 Å². The lowest BCUT2D eigenvalue weighted by Gasteiger charge is -2.23. The van der Waals surface area contributed by atoms with E-state index in [1.807, 2.05) is 24.3 Å². The van der Waals surface area contributed by atoms with E-state index in [2.05, 4.69) is 17.6 Å². The maximum absolute atomic E-state index is 13.0. The molecule has 0 spiro atoms. The fourth-order valence-corrected chi connectivity index (χ4v) is 3.68. The highest BCUT2D eigenvalue weighted by atomic mass is 35.5. The molecule has 0 aliphatic carbocycles. The number of nitrogens with zero attached hydrogens (tertiary/aromatic N) is 1. The van der Waals surface area contributed by atoms with Crippen LogP contribution in [0.25, 0.3) is 0 Å². The molecule has 33 heavy (non-hydrogen) atoms. The van der Waals surface area contributed by atoms with Gasteiger partial charge in [0.1, 0.15) is 5.75 Å². The van der Waals surface area contributed by atoms with Crippen LogP contribution in [-0.4, -0.2) is 32.1 Å². The van der Waals surface area contributed by atoms with Crippen molar-refractivity contribution in [2.75, 3.05) is 30.4 Å². The Kier molecular flexibility index (Phi) is 12.2. The van der Waals surface area contributed by atoms with Gasteiger partial charge in [-0.05, 0) is 55.3 Å². The molecule has 0 fully saturated rings. The van der Waals surface area contributed by atoms with Crippen LogP contribution in [-0.2, 0) is 4.79 Å². The van der Waals surface area contributed by atoms with Gasteiger partial charge >= 0.3 is 6.03 Å². The summed E-state index contributed by atoms with van der Waals surface area (Å²) in [4.78, 5) is 26.8. The zero-order valence-electron chi connectivity index (χ0n) is 19.7. The average Bonchev–Trinajstić information content (AvgIpc) is 2.81. The molecule has 180 valence electrons. The minimum Gasteiger partial charge on any atom is -0.497 e. The van der Waals surface area contributed by atoms with E-state index < -0.39 is 0 Å². The van der Waals surface area contributed by atoms with Crippen LogP contribution in [0.5, 0.6) is 5.75 Å². The van der Waals surface area contributed by atoms with E-state index in [9.17, 15) is 9.59 Å². The summed E-state index contributed by atoms with van der Waals surface area (Å²) in [5, 5.41) is 6.42. The number of carbonyl (C=O) groups is 2. The maximum atomic E-state index is 13.0. The first kappa shape index (κ1) is 26.5. The quantitative estimate of drug-likeness (QED) is 0.302. The normalized spacial score (nSPS) is 10.5. The third kappa shape index (κ3) is 10.2. The molecule has 2 rings (SSSR count). The number of nitrogens with one attached hydrogen (secondary N) is 2. The van der Waals surface area contributed by atoms with Crippen molar-refractivity contribution in [1.82, 2.24) is 5.32 Å². The summed E-state index contributed by atoms with van der Waals surface area (Å²) in [7, 11) is 1.60. The lowest BCUT2D eigenvalue weighted by Crippen LogP contribution is -2.37. The number of benzene rings is 2. The molecular formula is C26H36ClN3O3. The highest BCUT2D eigenvalue weighted by molar-refractivity contribution is 6.30. The summed E-state index contributed by atoms with van der Waals surface area (Å²) in [5.74, 6) is 0.792. The van der Waals surface area contributed by atoms with Gasteiger partial charge in [0.2, 0.25) is 5.91 Å². The van der Waals surface area contributed by atoms with Crippen LogP contribution >= 0.6 is 11.6 Å². The van der Waals surface area contributed by atoms with Crippen molar-refractivity contribution in [3.05, 3.63) is 53.6 Å². The highest BCUT2D eigenvalue weighted by Crippen LogP contribution is 2.21. The van der Waals surface area contributed by atoms with Crippen molar-refractivity contribution < 1.29 is 14.3 Å². The Labute approximate surface area is 202 Å². The third-order valence-corrected chi connectivity index (χ3v) is 5.58. The topological polar surface area (TPSA) is 70.7 Å². The van der Waals surface area contributed by atoms with Gasteiger partial charge in [0.05, 0.1) is 7.11 Å². The summed E-state index contributed by atoms with van der Waals surface area (Å²) in [6.07, 6.45) is 8.15. The molecule has 2 N–H and O–H groups in total. The van der Waals surface area contributed by atoms with Gasteiger partial charge in [0.15, 0.2) is 0 Å². The Morgan fingerprint density at radius 1 is 0.970 bits per heavy atom. The Morgan fingerprint density at radius 3 is 2.39 bits per heavy atom. The fourth-order valence-electron chi connectivity index (χ4n) is 3.49. The minimum absolute atomic E-state index is 0.0740. The lowest BCUT2D eigenvalue weighted by atomic mass is 10.1. The molecule has 6 nitrogen and oxygen atoms in total. The molecule has 2 aromatic carbocycles. The predicted octanol–water partition coefficient (Wildman–Crippen LogP) is 6.64. The van der Waals surface area contributed by atoms with Gasteiger partial charge in [0.25, 0.3) is 0 Å². The molecule has 0 bridgehead atoms. The van der Waals surface area contributed by atoms with Crippen molar-refractivity contribution in [3.63, 3.8) is 0 Å². The molecule has 3 amide bonds. The van der Waals surface area contributed by atoms with Crippen molar-refractivity contribution >= 4 is 34.9 Å². The molecule has 0 unspecified atom stereocenters. The van der Waals surface area contributed by atoms with Crippen LogP contribution in [0, 0.1) is 0 Å². The zero-order valence-corrected chi connectivity index (χ0v) is 20.5. The first-order valence-electron chi connectivity index (χ1n) is 11.8. The van der Waals surface area contributed by atoms with Gasteiger partial charge < -0.3 is 15.4 Å². The van der Waals surface area contributed by atoms with Crippen LogP contribution in [0.1, 0.15) is 58.3 Å². The second kappa shape index (κ2) is 15.2. The number of anilines is 2. The van der Waals surface area contributed by atoms with Crippen LogP contribution in [0.3, 0.4) is 0 Å². The van der Waals surface area contributed by atoms with E-state index in [1.165, 1.54) is 25.7 Å². The Hall–Kier alpha value is -2.73. The molecule has 2 aromatic rings. The Balaban J connectivity index is 1.86. The van der Waals surface area contributed by atoms with Gasteiger partial charge in [0, 0.05) is 35.9 Å². The molecule has 7 heteroatoms. The van der Waals surface area contributed by atoms with Crippen LogP contribution < -0.4 is 20.3 Å². The summed E-state index contributed by atoms with van der Waals surface area (Å²) in [6.45, 7) is 3.17. The van der Waals surface area contributed by atoms with Crippen molar-refractivity contribution in [2.45, 2.75) is 58.3 Å². The number of unbranched alkanes of at least 4 members (excludes halogenated alkanes) is 5. The number of ether oxygens (including phenoxy) is 1. The predicted molar refractivity (Wildman–Crippen MR) is 136 cm³/mol. The number of rotatable bonds is 14. The maximum Gasteiger partial charge on any atom is 0.326 e. The van der Waals surface area contributed by atoms with Gasteiger partial charge in [-0.15, -0.1) is 0 Å². The van der Waals surface area contributed by atoms with Gasteiger partial charge in [-0.1, -0.05) is 56.7 Å². The van der Waals surface area contributed by atoms with Crippen LogP contribution in [0.4, 0.5) is 16.2 Å². The highest BCUT2D eigenvalue weighted by Gasteiger charge is 2.16. The second-order valence-electron chi connectivity index (χ2n) is 8.01. The van der Waals surface area contributed by atoms with Crippen molar-refractivity contribution in [3.8, 4) is 5.75 Å². The van der Waals surface area contributed by atoms with Gasteiger partial charge in [-0.3, -0.25) is 9.69 Å². The molecule has 0 radical (unpaired) electrons. The first-order chi connectivity index (χ1) is 16.0. The van der Waals surface area contributed by atoms with E-state index >= 15 is 0 Å². The molecule has 0 heterocycles. The SMILES string of the molecule is CCCCCCCCC(=O)NCCCN(C(=O)Nc1cccc(Cl)c1)c1ccc(OC)cc1. The van der Waals surface area contributed by atoms with Crippen molar-refractivity contribution in [2.24, 2.45) is 0 Å². The summed E-state index contributed by atoms with van der Waals surface area (Å²) in [6, 6.07) is 14.1. The number of urea groups is 1. The Morgan fingerprint density at radius 2 is 1.70 bits per heavy atom. The fraction of sp³-hybridized carbons (Fsp3) is 0.462. The van der Waals surface area contributed by atoms with E-state index in [1.54, 1.807) is 36.3 Å². The standard InChI is InChI=1S/C26H36ClN3O3/c1-3-4-5-6-7-8-13-25(31)28-18-10-19-30(23-14-16-24(33-2)17-15-23)26(32)29-22-12-9-11-21(27)20-22/h9,11-12,14-17,20H,3-8,10,13,18-19H2,1-2H3,(H,28,31)(H,29,32). The molecular weight excluding hydrogens is 438 g/mol. The third-order valence-electron chi connectivity index (χ3n) is 5.34. The van der Waals surface area contributed by atoms with Crippen molar-refractivity contribution in [1.29, 1.82) is 0 Å². The molecule has 0 aliphatic rings. The summed E-state index contributed by atoms with van der Waals surface area (Å²) < 4.78 is 5.22. The Bertz CT molecular complexity index is 858. The van der Waals surface area contributed by atoms with Gasteiger partial charge in [-0.2, -0.15) is 0 Å². The second-order valence-corrected chi connectivity index (χ2v) is 8.45. The number of carbonyl (C=O) groups excluding carboxylic acids is 2. The van der Waals surface area contributed by atoms with Gasteiger partial charge in [-0.25, -0.2) is 4.79 Å². The van der Waals surface area contributed by atoms with E-state index in [0.717, 1.165) is 24.3 Å². The van der Waals surface area contributed by atoms with Crippen LogP contribution in [0.15, 0.2) is 48.5 Å². The van der Waals surface area contributed by atoms with E-state index in [-0.39, 0.29) is 11.9 Å². The van der Waals surface area contributed by atoms with E-state index in [0.29, 0.717) is 36.6 Å². The molecule has 0 saturated carbocycles. The zero-order chi connectivity index (χ0) is 23.9. The number of hydrogen-bond donors (Lipinski definition) is 2. The molecule has 0 aromatic heterocycles. The smallest absolute Gasteiger partial charge is 0.326 e. The lowest BCUT2D eigenvalue weighted by molar-refractivity contribution is -0.121. The largest absolute Gasteiger partial charge is 0.497 e. The monoisotopic (exact) mass is 473 g/mol. The van der Waals surface area contributed by atoms with E-state index in [4.69, 9.17) is 16.3 Å².